The first-order valence-corrected chi connectivity index (χ1v) is 6.08. The maximum atomic E-state index is 11.7. The van der Waals surface area contributed by atoms with Gasteiger partial charge in [-0.15, -0.1) is 17.9 Å². The molecule has 0 aliphatic carbocycles. The van der Waals surface area contributed by atoms with Crippen LogP contribution >= 0.6 is 11.3 Å². The van der Waals surface area contributed by atoms with Gasteiger partial charge in [-0.05, 0) is 24.8 Å². The second-order valence-electron chi connectivity index (χ2n) is 3.35. The Bertz CT molecular complexity index is 434. The molecule has 0 aromatic carbocycles. The van der Waals surface area contributed by atoms with E-state index < -0.39 is 6.10 Å². The second-order valence-corrected chi connectivity index (χ2v) is 4.27. The van der Waals surface area contributed by atoms with Crippen LogP contribution in [0, 0.1) is 11.3 Å². The zero-order valence-corrected chi connectivity index (χ0v) is 10.4. The highest BCUT2D eigenvalue weighted by Gasteiger charge is 2.15. The zero-order valence-electron chi connectivity index (χ0n) is 9.60. The molecule has 0 fully saturated rings. The molecule has 1 atom stereocenters. The van der Waals surface area contributed by atoms with Crippen molar-refractivity contribution in [2.45, 2.75) is 19.4 Å². The third-order valence-electron chi connectivity index (χ3n) is 2.08. The lowest BCUT2D eigenvalue weighted by molar-refractivity contribution is -0.126. The highest BCUT2D eigenvalue weighted by Crippen LogP contribution is 2.22. The predicted octanol–water partition coefficient (Wildman–Crippen LogP) is 2.54. The fourth-order valence-electron chi connectivity index (χ4n) is 1.11. The SMILES string of the molecule is C=CCCOC(C)C(=O)Nc1sccc1C#N. The average molecular weight is 250 g/mol. The van der Waals surface area contributed by atoms with Gasteiger partial charge < -0.3 is 10.1 Å². The number of hydrogen-bond acceptors (Lipinski definition) is 4. The van der Waals surface area contributed by atoms with Crippen molar-refractivity contribution in [1.82, 2.24) is 0 Å². The van der Waals surface area contributed by atoms with Gasteiger partial charge in [0.15, 0.2) is 0 Å². The fourth-order valence-corrected chi connectivity index (χ4v) is 1.85. The fraction of sp³-hybridized carbons (Fsp3) is 0.333. The molecule has 0 spiro atoms. The molecule has 1 amide bonds. The second kappa shape index (κ2) is 6.84. The summed E-state index contributed by atoms with van der Waals surface area (Å²) >= 11 is 1.32. The average Bonchev–Trinajstić information content (AvgIpc) is 2.76. The van der Waals surface area contributed by atoms with E-state index in [0.29, 0.717) is 23.6 Å². The van der Waals surface area contributed by atoms with Crippen LogP contribution in [0.25, 0.3) is 0 Å². The van der Waals surface area contributed by atoms with Gasteiger partial charge in [0.25, 0.3) is 5.91 Å². The number of nitrogens with one attached hydrogen (secondary N) is 1. The predicted molar refractivity (Wildman–Crippen MR) is 67.9 cm³/mol. The zero-order chi connectivity index (χ0) is 12.7. The van der Waals surface area contributed by atoms with Gasteiger partial charge in [0.2, 0.25) is 0 Å². The Kier molecular flexibility index (Phi) is 5.40. The highest BCUT2D eigenvalue weighted by molar-refractivity contribution is 7.14. The number of thiophene rings is 1. The summed E-state index contributed by atoms with van der Waals surface area (Å²) in [6.45, 7) is 5.72. The molecule has 0 aliphatic rings. The molecular formula is C12H14N2O2S. The van der Waals surface area contributed by atoms with Crippen LogP contribution in [-0.4, -0.2) is 18.6 Å². The van der Waals surface area contributed by atoms with Gasteiger partial charge in [-0.1, -0.05) is 6.08 Å². The van der Waals surface area contributed by atoms with E-state index in [1.807, 2.05) is 6.07 Å². The number of ether oxygens (including phenoxy) is 1. The molecule has 5 heteroatoms. The van der Waals surface area contributed by atoms with Crippen molar-refractivity contribution in [1.29, 1.82) is 5.26 Å². The van der Waals surface area contributed by atoms with Gasteiger partial charge in [-0.25, -0.2) is 0 Å². The monoisotopic (exact) mass is 250 g/mol. The van der Waals surface area contributed by atoms with Crippen LogP contribution in [0.2, 0.25) is 0 Å². The summed E-state index contributed by atoms with van der Waals surface area (Å²) in [6, 6.07) is 3.68. The van der Waals surface area contributed by atoms with Crippen LogP contribution in [0.15, 0.2) is 24.1 Å². The summed E-state index contributed by atoms with van der Waals surface area (Å²) in [5.74, 6) is -0.243. The van der Waals surface area contributed by atoms with Crippen molar-refractivity contribution < 1.29 is 9.53 Å². The summed E-state index contributed by atoms with van der Waals surface area (Å²) in [4.78, 5) is 11.7. The lowest BCUT2D eigenvalue weighted by atomic mass is 10.3. The van der Waals surface area contributed by atoms with Gasteiger partial charge in [0.1, 0.15) is 17.2 Å². The van der Waals surface area contributed by atoms with Crippen molar-refractivity contribution in [2.24, 2.45) is 0 Å². The maximum absolute atomic E-state index is 11.7. The molecule has 1 N–H and O–H groups in total. The van der Waals surface area contributed by atoms with E-state index in [0.717, 1.165) is 0 Å². The number of amides is 1. The number of anilines is 1. The Morgan fingerprint density at radius 3 is 3.24 bits per heavy atom. The largest absolute Gasteiger partial charge is 0.368 e. The summed E-state index contributed by atoms with van der Waals surface area (Å²) in [5.41, 5.74) is 0.474. The molecule has 1 heterocycles. The van der Waals surface area contributed by atoms with Crippen LogP contribution in [0.3, 0.4) is 0 Å². The Hall–Kier alpha value is -1.64. The normalized spacial score (nSPS) is 11.5. The number of carbonyl (C=O) groups is 1. The van der Waals surface area contributed by atoms with Crippen LogP contribution < -0.4 is 5.32 Å². The molecule has 0 saturated carbocycles. The van der Waals surface area contributed by atoms with Crippen LogP contribution in [0.4, 0.5) is 5.00 Å². The van der Waals surface area contributed by atoms with Crippen molar-refractivity contribution >= 4 is 22.2 Å². The first-order valence-electron chi connectivity index (χ1n) is 5.20. The van der Waals surface area contributed by atoms with E-state index in [4.69, 9.17) is 10.00 Å². The van der Waals surface area contributed by atoms with E-state index in [1.54, 1.807) is 24.4 Å². The summed E-state index contributed by atoms with van der Waals surface area (Å²) in [7, 11) is 0. The molecule has 1 aromatic heterocycles. The minimum Gasteiger partial charge on any atom is -0.368 e. The Morgan fingerprint density at radius 2 is 2.59 bits per heavy atom. The molecule has 0 aliphatic heterocycles. The summed E-state index contributed by atoms with van der Waals surface area (Å²) in [6.07, 6.45) is 1.90. The third-order valence-corrected chi connectivity index (χ3v) is 2.91. The van der Waals surface area contributed by atoms with E-state index in [1.165, 1.54) is 11.3 Å². The van der Waals surface area contributed by atoms with Crippen LogP contribution in [0.5, 0.6) is 0 Å². The number of hydrogen-bond donors (Lipinski definition) is 1. The number of carbonyl (C=O) groups excluding carboxylic acids is 1. The molecule has 0 bridgehead atoms. The molecule has 4 nitrogen and oxygen atoms in total. The number of nitrogens with zero attached hydrogens (tertiary/aromatic N) is 1. The first kappa shape index (κ1) is 13.4. The Labute approximate surface area is 105 Å². The molecule has 1 aromatic rings. The van der Waals surface area contributed by atoms with Crippen molar-refractivity contribution in [3.63, 3.8) is 0 Å². The van der Waals surface area contributed by atoms with Crippen molar-refractivity contribution in [3.8, 4) is 6.07 Å². The van der Waals surface area contributed by atoms with E-state index >= 15 is 0 Å². The molecule has 1 unspecified atom stereocenters. The van der Waals surface area contributed by atoms with Crippen LogP contribution in [0.1, 0.15) is 18.9 Å². The van der Waals surface area contributed by atoms with Gasteiger partial charge in [-0.3, -0.25) is 4.79 Å². The first-order chi connectivity index (χ1) is 8.19. The van der Waals surface area contributed by atoms with Gasteiger partial charge in [0, 0.05) is 0 Å². The molecular weight excluding hydrogens is 236 g/mol. The van der Waals surface area contributed by atoms with Gasteiger partial charge in [-0.2, -0.15) is 5.26 Å². The summed E-state index contributed by atoms with van der Waals surface area (Å²) in [5, 5.41) is 13.8. The molecule has 0 radical (unpaired) electrons. The Morgan fingerprint density at radius 1 is 1.82 bits per heavy atom. The Balaban J connectivity index is 2.49. The highest BCUT2D eigenvalue weighted by atomic mass is 32.1. The molecule has 17 heavy (non-hydrogen) atoms. The molecule has 1 rings (SSSR count). The summed E-state index contributed by atoms with van der Waals surface area (Å²) < 4.78 is 5.30. The lowest BCUT2D eigenvalue weighted by Gasteiger charge is -2.11. The topological polar surface area (TPSA) is 62.1 Å². The maximum Gasteiger partial charge on any atom is 0.253 e. The molecule has 90 valence electrons. The number of rotatable bonds is 6. The van der Waals surface area contributed by atoms with Crippen molar-refractivity contribution in [3.05, 3.63) is 29.7 Å². The van der Waals surface area contributed by atoms with E-state index in [9.17, 15) is 4.79 Å². The van der Waals surface area contributed by atoms with Gasteiger partial charge in [0.05, 0.1) is 12.2 Å². The van der Waals surface area contributed by atoms with Crippen molar-refractivity contribution in [2.75, 3.05) is 11.9 Å². The number of nitriles is 1. The lowest BCUT2D eigenvalue weighted by Crippen LogP contribution is -2.27. The minimum atomic E-state index is -0.538. The standard InChI is InChI=1S/C12H14N2O2S/c1-3-4-6-16-9(2)11(15)14-12-10(8-13)5-7-17-12/h3,5,7,9H,1,4,6H2,2H3,(H,14,15). The third kappa shape index (κ3) is 4.02. The molecule has 0 saturated heterocycles. The van der Waals surface area contributed by atoms with E-state index in [-0.39, 0.29) is 5.91 Å². The van der Waals surface area contributed by atoms with Crippen LogP contribution in [-0.2, 0) is 9.53 Å². The van der Waals surface area contributed by atoms with E-state index in [2.05, 4.69) is 11.9 Å². The smallest absolute Gasteiger partial charge is 0.253 e. The quantitative estimate of drug-likeness (QED) is 0.623. The van der Waals surface area contributed by atoms with Gasteiger partial charge >= 0.3 is 0 Å². The minimum absolute atomic E-state index is 0.243.